The maximum absolute atomic E-state index is 6.03. The van der Waals surface area contributed by atoms with Crippen LogP contribution >= 0.6 is 0 Å². The molecule has 0 aliphatic rings. The van der Waals surface area contributed by atoms with E-state index in [4.69, 9.17) is 5.73 Å². The van der Waals surface area contributed by atoms with Crippen LogP contribution in [0.15, 0.2) is 12.3 Å². The summed E-state index contributed by atoms with van der Waals surface area (Å²) in [4.78, 5) is 0. The van der Waals surface area contributed by atoms with E-state index in [1.807, 2.05) is 6.20 Å². The number of nitrogens with zero attached hydrogens (tertiary/aromatic N) is 2. The molecule has 15 heavy (non-hydrogen) atoms. The second-order valence-corrected chi connectivity index (χ2v) is 4.49. The van der Waals surface area contributed by atoms with Crippen molar-refractivity contribution < 1.29 is 0 Å². The van der Waals surface area contributed by atoms with Gasteiger partial charge in [0.05, 0.1) is 0 Å². The molecule has 2 N–H and O–H groups in total. The molecule has 0 aliphatic carbocycles. The Kier molecular flexibility index (Phi) is 4.82. The molecular weight excluding hydrogens is 186 g/mol. The Morgan fingerprint density at radius 2 is 2.20 bits per heavy atom. The Hall–Kier alpha value is -0.830. The summed E-state index contributed by atoms with van der Waals surface area (Å²) in [7, 11) is 0. The first kappa shape index (κ1) is 12.2. The van der Waals surface area contributed by atoms with E-state index in [-0.39, 0.29) is 0 Å². The Labute approximate surface area is 92.7 Å². The summed E-state index contributed by atoms with van der Waals surface area (Å²) in [6.07, 6.45) is 5.10. The van der Waals surface area contributed by atoms with Gasteiger partial charge < -0.3 is 5.73 Å². The summed E-state index contributed by atoms with van der Waals surface area (Å²) in [5.74, 6) is 0.563. The van der Waals surface area contributed by atoms with E-state index >= 15 is 0 Å². The number of aromatic nitrogens is 2. The molecule has 0 aromatic carbocycles. The van der Waals surface area contributed by atoms with Crippen molar-refractivity contribution >= 4 is 0 Å². The van der Waals surface area contributed by atoms with Gasteiger partial charge in [0.25, 0.3) is 0 Å². The lowest BCUT2D eigenvalue weighted by molar-refractivity contribution is 0.454. The maximum Gasteiger partial charge on any atom is 0.0492 e. The zero-order valence-electron chi connectivity index (χ0n) is 10.1. The van der Waals surface area contributed by atoms with Gasteiger partial charge in [0, 0.05) is 24.5 Å². The number of hydrogen-bond donors (Lipinski definition) is 1. The molecule has 0 saturated carbocycles. The molecule has 1 unspecified atom stereocenters. The SMILES string of the molecule is CCCn1nccc1CCC(N)C(C)C. The molecule has 0 saturated heterocycles. The van der Waals surface area contributed by atoms with Gasteiger partial charge in [-0.05, 0) is 31.2 Å². The number of nitrogens with two attached hydrogens (primary N) is 1. The summed E-state index contributed by atoms with van der Waals surface area (Å²) in [5, 5.41) is 4.30. The third kappa shape index (κ3) is 3.67. The van der Waals surface area contributed by atoms with Crippen LogP contribution in [0.5, 0.6) is 0 Å². The molecule has 3 heteroatoms. The van der Waals surface area contributed by atoms with Gasteiger partial charge in [-0.1, -0.05) is 20.8 Å². The van der Waals surface area contributed by atoms with Gasteiger partial charge in [0.1, 0.15) is 0 Å². The average molecular weight is 209 g/mol. The fourth-order valence-electron chi connectivity index (χ4n) is 1.63. The van der Waals surface area contributed by atoms with E-state index in [9.17, 15) is 0 Å². The zero-order chi connectivity index (χ0) is 11.3. The topological polar surface area (TPSA) is 43.8 Å². The van der Waals surface area contributed by atoms with Crippen molar-refractivity contribution in [2.45, 2.75) is 52.6 Å². The number of aryl methyl sites for hydroxylation is 2. The van der Waals surface area contributed by atoms with E-state index in [2.05, 4.69) is 36.6 Å². The molecule has 3 nitrogen and oxygen atoms in total. The van der Waals surface area contributed by atoms with Crippen LogP contribution in [0.25, 0.3) is 0 Å². The highest BCUT2D eigenvalue weighted by atomic mass is 15.3. The van der Waals surface area contributed by atoms with Gasteiger partial charge in [-0.15, -0.1) is 0 Å². The van der Waals surface area contributed by atoms with Crippen LogP contribution in [-0.2, 0) is 13.0 Å². The molecule has 1 aromatic heterocycles. The third-order valence-corrected chi connectivity index (χ3v) is 2.83. The molecule has 0 aliphatic heterocycles. The summed E-state index contributed by atoms with van der Waals surface area (Å²) in [6.45, 7) is 7.53. The lowest BCUT2D eigenvalue weighted by Crippen LogP contribution is -2.27. The van der Waals surface area contributed by atoms with Gasteiger partial charge >= 0.3 is 0 Å². The van der Waals surface area contributed by atoms with Gasteiger partial charge in [-0.25, -0.2) is 0 Å². The Bertz CT molecular complexity index is 278. The Morgan fingerprint density at radius 1 is 1.47 bits per heavy atom. The van der Waals surface area contributed by atoms with Crippen LogP contribution < -0.4 is 5.73 Å². The minimum atomic E-state index is 0.301. The summed E-state index contributed by atoms with van der Waals surface area (Å²) >= 11 is 0. The average Bonchev–Trinajstić information content (AvgIpc) is 2.62. The van der Waals surface area contributed by atoms with E-state index in [1.165, 1.54) is 5.69 Å². The van der Waals surface area contributed by atoms with Crippen molar-refractivity contribution in [1.82, 2.24) is 9.78 Å². The molecule has 86 valence electrons. The smallest absolute Gasteiger partial charge is 0.0492 e. The van der Waals surface area contributed by atoms with E-state index in [0.29, 0.717) is 12.0 Å². The second-order valence-electron chi connectivity index (χ2n) is 4.49. The van der Waals surface area contributed by atoms with Gasteiger partial charge in [0.2, 0.25) is 0 Å². The molecule has 1 aromatic rings. The van der Waals surface area contributed by atoms with Crippen LogP contribution in [0.4, 0.5) is 0 Å². The van der Waals surface area contributed by atoms with Crippen LogP contribution in [-0.4, -0.2) is 15.8 Å². The zero-order valence-corrected chi connectivity index (χ0v) is 10.1. The van der Waals surface area contributed by atoms with E-state index < -0.39 is 0 Å². The molecule has 0 spiro atoms. The molecule has 0 radical (unpaired) electrons. The van der Waals surface area contributed by atoms with E-state index in [0.717, 1.165) is 25.8 Å². The van der Waals surface area contributed by atoms with Gasteiger partial charge in [0.15, 0.2) is 0 Å². The Balaban J connectivity index is 2.46. The second kappa shape index (κ2) is 5.91. The molecule has 1 heterocycles. The molecule has 0 amide bonds. The monoisotopic (exact) mass is 209 g/mol. The number of rotatable bonds is 6. The standard InChI is InChI=1S/C12H23N3/c1-4-9-15-11(7-8-14-15)5-6-12(13)10(2)3/h7-8,10,12H,4-6,9,13H2,1-3H3. The molecule has 1 atom stereocenters. The first-order valence-electron chi connectivity index (χ1n) is 5.91. The van der Waals surface area contributed by atoms with Crippen molar-refractivity contribution in [3.63, 3.8) is 0 Å². The molecular formula is C12H23N3. The van der Waals surface area contributed by atoms with Crippen LogP contribution in [0, 0.1) is 5.92 Å². The maximum atomic E-state index is 6.03. The molecule has 0 bridgehead atoms. The highest BCUT2D eigenvalue weighted by molar-refractivity contribution is 5.01. The minimum Gasteiger partial charge on any atom is -0.327 e. The fourth-order valence-corrected chi connectivity index (χ4v) is 1.63. The van der Waals surface area contributed by atoms with Crippen LogP contribution in [0.3, 0.4) is 0 Å². The molecule has 1 rings (SSSR count). The highest BCUT2D eigenvalue weighted by Crippen LogP contribution is 2.09. The largest absolute Gasteiger partial charge is 0.327 e. The predicted molar refractivity (Wildman–Crippen MR) is 63.7 cm³/mol. The lowest BCUT2D eigenvalue weighted by atomic mass is 9.99. The summed E-state index contributed by atoms with van der Waals surface area (Å²) in [6, 6.07) is 2.40. The number of hydrogen-bond acceptors (Lipinski definition) is 2. The summed E-state index contributed by atoms with van der Waals surface area (Å²) < 4.78 is 2.09. The molecule has 0 fully saturated rings. The van der Waals surface area contributed by atoms with Gasteiger partial charge in [-0.3, -0.25) is 4.68 Å². The highest BCUT2D eigenvalue weighted by Gasteiger charge is 2.09. The predicted octanol–water partition coefficient (Wildman–Crippen LogP) is 2.21. The normalized spacial score (nSPS) is 13.4. The first-order valence-corrected chi connectivity index (χ1v) is 5.91. The lowest BCUT2D eigenvalue weighted by Gasteiger charge is -2.15. The quantitative estimate of drug-likeness (QED) is 0.780. The van der Waals surface area contributed by atoms with Crippen LogP contribution in [0.2, 0.25) is 0 Å². The first-order chi connectivity index (χ1) is 7.15. The van der Waals surface area contributed by atoms with Crippen LogP contribution in [0.1, 0.15) is 39.3 Å². The third-order valence-electron chi connectivity index (χ3n) is 2.83. The van der Waals surface area contributed by atoms with Crippen molar-refractivity contribution in [3.05, 3.63) is 18.0 Å². The van der Waals surface area contributed by atoms with E-state index in [1.54, 1.807) is 0 Å². The van der Waals surface area contributed by atoms with Crippen molar-refractivity contribution in [3.8, 4) is 0 Å². The summed E-state index contributed by atoms with van der Waals surface area (Å²) in [5.41, 5.74) is 7.34. The fraction of sp³-hybridized carbons (Fsp3) is 0.750. The van der Waals surface area contributed by atoms with Gasteiger partial charge in [-0.2, -0.15) is 5.10 Å². The van der Waals surface area contributed by atoms with Crippen molar-refractivity contribution in [2.24, 2.45) is 11.7 Å². The van der Waals surface area contributed by atoms with Crippen molar-refractivity contribution in [2.75, 3.05) is 0 Å². The Morgan fingerprint density at radius 3 is 2.80 bits per heavy atom. The van der Waals surface area contributed by atoms with Crippen molar-refractivity contribution in [1.29, 1.82) is 0 Å². The minimum absolute atomic E-state index is 0.301.